The van der Waals surface area contributed by atoms with Crippen LogP contribution in [-0.4, -0.2) is 37.6 Å². The zero-order valence-electron chi connectivity index (χ0n) is 12.5. The Hall–Kier alpha value is -1.07. The average Bonchev–Trinajstić information content (AvgIpc) is 2.43. The molecule has 1 unspecified atom stereocenters. The van der Waals surface area contributed by atoms with E-state index in [1.54, 1.807) is 25.1 Å². The van der Waals surface area contributed by atoms with Crippen molar-refractivity contribution < 1.29 is 9.53 Å². The van der Waals surface area contributed by atoms with E-state index in [2.05, 4.69) is 29.8 Å². The Morgan fingerprint density at radius 2 is 2.10 bits per heavy atom. The molecule has 0 saturated heterocycles. The van der Waals surface area contributed by atoms with Crippen LogP contribution in [0, 0.1) is 5.92 Å². The number of carbonyl (C=O) groups excluding carboxylic acids is 1. The molecule has 0 heterocycles. The maximum absolute atomic E-state index is 12.4. The highest BCUT2D eigenvalue weighted by molar-refractivity contribution is 9.10. The summed E-state index contributed by atoms with van der Waals surface area (Å²) in [6, 6.07) is 5.49. The monoisotopic (exact) mass is 342 g/mol. The van der Waals surface area contributed by atoms with Gasteiger partial charge in [-0.05, 0) is 46.5 Å². The molecule has 4 nitrogen and oxygen atoms in total. The second-order valence-electron chi connectivity index (χ2n) is 5.27. The first-order chi connectivity index (χ1) is 9.36. The van der Waals surface area contributed by atoms with Crippen molar-refractivity contribution in [2.24, 2.45) is 11.7 Å². The van der Waals surface area contributed by atoms with Crippen LogP contribution in [0.2, 0.25) is 0 Å². The molecule has 1 amide bonds. The van der Waals surface area contributed by atoms with Gasteiger partial charge in [-0.25, -0.2) is 0 Å². The predicted octanol–water partition coefficient (Wildman–Crippen LogP) is 2.90. The van der Waals surface area contributed by atoms with E-state index in [9.17, 15) is 4.79 Å². The van der Waals surface area contributed by atoms with Crippen molar-refractivity contribution in [2.45, 2.75) is 26.3 Å². The number of nitrogens with two attached hydrogens (primary N) is 1. The highest BCUT2D eigenvalue weighted by Gasteiger charge is 2.17. The summed E-state index contributed by atoms with van der Waals surface area (Å²) >= 11 is 3.40. The number of benzene rings is 1. The molecular formula is C15H23BrN2O2. The largest absolute Gasteiger partial charge is 0.497 e. The fourth-order valence-corrected chi connectivity index (χ4v) is 2.19. The lowest BCUT2D eigenvalue weighted by molar-refractivity contribution is 0.0788. The molecule has 0 aliphatic rings. The van der Waals surface area contributed by atoms with Crippen molar-refractivity contribution in [1.29, 1.82) is 0 Å². The fourth-order valence-electron chi connectivity index (χ4n) is 1.78. The normalized spacial score (nSPS) is 12.3. The van der Waals surface area contributed by atoms with Crippen LogP contribution in [0.1, 0.15) is 30.6 Å². The van der Waals surface area contributed by atoms with Crippen molar-refractivity contribution in [3.8, 4) is 5.75 Å². The number of ether oxygens (including phenoxy) is 1. The van der Waals surface area contributed by atoms with Gasteiger partial charge in [0.2, 0.25) is 0 Å². The van der Waals surface area contributed by atoms with E-state index in [0.717, 1.165) is 10.9 Å². The lowest BCUT2D eigenvalue weighted by Crippen LogP contribution is -2.34. The van der Waals surface area contributed by atoms with Crippen molar-refractivity contribution in [2.75, 3.05) is 20.7 Å². The standard InChI is InChI=1S/C15H23BrN2O2/c1-10(2)14(17)7-8-18(3)15(19)12-9-11(20-4)5-6-13(12)16/h5-6,9-10,14H,7-8,17H2,1-4H3. The second kappa shape index (κ2) is 7.64. The third-order valence-corrected chi connectivity index (χ3v) is 4.10. The number of hydrogen-bond acceptors (Lipinski definition) is 3. The van der Waals surface area contributed by atoms with Crippen LogP contribution >= 0.6 is 15.9 Å². The molecule has 112 valence electrons. The van der Waals surface area contributed by atoms with Gasteiger partial charge in [0.1, 0.15) is 5.75 Å². The van der Waals surface area contributed by atoms with Crippen LogP contribution in [0.25, 0.3) is 0 Å². The molecule has 1 rings (SSSR count). The van der Waals surface area contributed by atoms with Crippen LogP contribution in [0.4, 0.5) is 0 Å². The number of halogens is 1. The molecule has 0 aliphatic heterocycles. The summed E-state index contributed by atoms with van der Waals surface area (Å²) in [6.07, 6.45) is 0.793. The average molecular weight is 343 g/mol. The number of amides is 1. The Morgan fingerprint density at radius 1 is 1.45 bits per heavy atom. The van der Waals surface area contributed by atoms with Gasteiger partial charge in [-0.3, -0.25) is 4.79 Å². The Morgan fingerprint density at radius 3 is 2.65 bits per heavy atom. The summed E-state index contributed by atoms with van der Waals surface area (Å²) in [5, 5.41) is 0. The lowest BCUT2D eigenvalue weighted by atomic mass is 10.0. The van der Waals surface area contributed by atoms with Gasteiger partial charge in [0.25, 0.3) is 5.91 Å². The number of rotatable bonds is 6. The summed E-state index contributed by atoms with van der Waals surface area (Å²) < 4.78 is 5.92. The molecule has 1 aromatic rings. The Balaban J connectivity index is 2.74. The molecule has 0 fully saturated rings. The molecule has 5 heteroatoms. The SMILES string of the molecule is COc1ccc(Br)c(C(=O)N(C)CCC(N)C(C)C)c1. The number of nitrogens with zero attached hydrogens (tertiary/aromatic N) is 1. The molecule has 0 aliphatic carbocycles. The summed E-state index contributed by atoms with van der Waals surface area (Å²) in [5.41, 5.74) is 6.61. The molecule has 1 aromatic carbocycles. The lowest BCUT2D eigenvalue weighted by Gasteiger charge is -2.22. The molecule has 2 N–H and O–H groups in total. The number of carbonyl (C=O) groups is 1. The van der Waals surface area contributed by atoms with Gasteiger partial charge < -0.3 is 15.4 Å². The van der Waals surface area contributed by atoms with E-state index in [4.69, 9.17) is 10.5 Å². The third kappa shape index (κ3) is 4.49. The summed E-state index contributed by atoms with van der Waals surface area (Å²) in [7, 11) is 3.38. The molecule has 1 atom stereocenters. The van der Waals surface area contributed by atoms with E-state index in [0.29, 0.717) is 23.8 Å². The van der Waals surface area contributed by atoms with Gasteiger partial charge in [0.15, 0.2) is 0 Å². The molecule has 0 radical (unpaired) electrons. The third-order valence-electron chi connectivity index (χ3n) is 3.40. The zero-order chi connectivity index (χ0) is 15.3. The van der Waals surface area contributed by atoms with Crippen LogP contribution in [0.15, 0.2) is 22.7 Å². The minimum Gasteiger partial charge on any atom is -0.497 e. The van der Waals surface area contributed by atoms with Gasteiger partial charge in [0, 0.05) is 24.1 Å². The maximum Gasteiger partial charge on any atom is 0.254 e. The number of methoxy groups -OCH3 is 1. The van der Waals surface area contributed by atoms with Crippen molar-refractivity contribution in [3.05, 3.63) is 28.2 Å². The van der Waals surface area contributed by atoms with Crippen molar-refractivity contribution in [3.63, 3.8) is 0 Å². The van der Waals surface area contributed by atoms with Crippen LogP contribution < -0.4 is 10.5 Å². The van der Waals surface area contributed by atoms with E-state index < -0.39 is 0 Å². The minimum absolute atomic E-state index is 0.0354. The molecule has 0 aromatic heterocycles. The Bertz CT molecular complexity index is 463. The highest BCUT2D eigenvalue weighted by atomic mass is 79.9. The maximum atomic E-state index is 12.4. The van der Waals surface area contributed by atoms with E-state index in [1.807, 2.05) is 12.1 Å². The minimum atomic E-state index is -0.0354. The van der Waals surface area contributed by atoms with Gasteiger partial charge in [-0.15, -0.1) is 0 Å². The second-order valence-corrected chi connectivity index (χ2v) is 6.12. The molecule has 0 bridgehead atoms. The first-order valence-electron chi connectivity index (χ1n) is 6.71. The van der Waals surface area contributed by atoms with Crippen LogP contribution in [-0.2, 0) is 0 Å². The molecule has 20 heavy (non-hydrogen) atoms. The Kier molecular flexibility index (Phi) is 6.49. The fraction of sp³-hybridized carbons (Fsp3) is 0.533. The predicted molar refractivity (Wildman–Crippen MR) is 85.1 cm³/mol. The first-order valence-corrected chi connectivity index (χ1v) is 7.50. The van der Waals surface area contributed by atoms with E-state index in [1.165, 1.54) is 0 Å². The molecule has 0 spiro atoms. The molecule has 0 saturated carbocycles. The first kappa shape index (κ1) is 17.0. The molecular weight excluding hydrogens is 320 g/mol. The van der Waals surface area contributed by atoms with E-state index in [-0.39, 0.29) is 11.9 Å². The van der Waals surface area contributed by atoms with Crippen LogP contribution in [0.3, 0.4) is 0 Å². The topological polar surface area (TPSA) is 55.6 Å². The van der Waals surface area contributed by atoms with Gasteiger partial charge >= 0.3 is 0 Å². The number of hydrogen-bond donors (Lipinski definition) is 1. The Labute approximate surface area is 129 Å². The van der Waals surface area contributed by atoms with Gasteiger partial charge in [-0.2, -0.15) is 0 Å². The highest BCUT2D eigenvalue weighted by Crippen LogP contribution is 2.23. The zero-order valence-corrected chi connectivity index (χ0v) is 14.1. The quantitative estimate of drug-likeness (QED) is 0.864. The van der Waals surface area contributed by atoms with Gasteiger partial charge in [0.05, 0.1) is 12.7 Å². The summed E-state index contributed by atoms with van der Waals surface area (Å²) in [4.78, 5) is 14.1. The smallest absolute Gasteiger partial charge is 0.254 e. The van der Waals surface area contributed by atoms with Crippen molar-refractivity contribution in [1.82, 2.24) is 4.90 Å². The van der Waals surface area contributed by atoms with E-state index >= 15 is 0 Å². The van der Waals surface area contributed by atoms with Gasteiger partial charge in [-0.1, -0.05) is 13.8 Å². The summed E-state index contributed by atoms with van der Waals surface area (Å²) in [5.74, 6) is 1.05. The summed E-state index contributed by atoms with van der Waals surface area (Å²) in [6.45, 7) is 4.82. The van der Waals surface area contributed by atoms with Crippen molar-refractivity contribution >= 4 is 21.8 Å². The van der Waals surface area contributed by atoms with Crippen LogP contribution in [0.5, 0.6) is 5.75 Å².